The average Bonchev–Trinajstić information content (AvgIpc) is 2.88. The molecule has 2 aromatic carbocycles. The second-order valence-corrected chi connectivity index (χ2v) is 5.29. The Morgan fingerprint density at radius 2 is 1.87 bits per heavy atom. The lowest BCUT2D eigenvalue weighted by Gasteiger charge is -2.08. The summed E-state index contributed by atoms with van der Waals surface area (Å²) < 4.78 is 5.00. The number of rotatable bonds is 3. The molecule has 0 aliphatic carbocycles. The molecular weight excluding hydrogens is 292 g/mol. The van der Waals surface area contributed by atoms with E-state index in [1.54, 1.807) is 24.3 Å². The largest absolute Gasteiger partial charge is 0.427 e. The van der Waals surface area contributed by atoms with Gasteiger partial charge in [-0.3, -0.25) is 9.59 Å². The van der Waals surface area contributed by atoms with Crippen LogP contribution >= 0.6 is 0 Å². The van der Waals surface area contributed by atoms with Crippen LogP contribution in [0.5, 0.6) is 5.75 Å². The van der Waals surface area contributed by atoms with Crippen LogP contribution in [0, 0.1) is 6.92 Å². The minimum absolute atomic E-state index is 0.259. The third-order valence-electron chi connectivity index (χ3n) is 3.40. The van der Waals surface area contributed by atoms with Gasteiger partial charge in [0.05, 0.1) is 5.69 Å². The van der Waals surface area contributed by atoms with Crippen LogP contribution in [0.25, 0.3) is 10.9 Å². The van der Waals surface area contributed by atoms with Gasteiger partial charge in [-0.25, -0.2) is 0 Å². The highest BCUT2D eigenvalue weighted by Crippen LogP contribution is 2.25. The predicted octanol–water partition coefficient (Wildman–Crippen LogP) is 3.65. The molecule has 5 nitrogen and oxygen atoms in total. The normalized spacial score (nSPS) is 10.5. The number of hydrogen-bond donors (Lipinski definition) is 2. The Labute approximate surface area is 133 Å². The van der Waals surface area contributed by atoms with Crippen molar-refractivity contribution < 1.29 is 14.3 Å². The van der Waals surface area contributed by atoms with Gasteiger partial charge in [0.1, 0.15) is 5.75 Å². The van der Waals surface area contributed by atoms with Crippen molar-refractivity contribution in [3.63, 3.8) is 0 Å². The van der Waals surface area contributed by atoms with Crippen LogP contribution in [0.15, 0.2) is 48.5 Å². The fraction of sp³-hybridized carbons (Fsp3) is 0.111. The molecule has 0 unspecified atom stereocenters. The highest BCUT2D eigenvalue weighted by atomic mass is 16.5. The van der Waals surface area contributed by atoms with Crippen LogP contribution in [-0.2, 0) is 4.79 Å². The van der Waals surface area contributed by atoms with Gasteiger partial charge >= 0.3 is 5.97 Å². The minimum Gasteiger partial charge on any atom is -0.427 e. The standard InChI is InChI=1S/C18H16N2O3/c1-11-9-15-16(19-11)7-4-8-17(15)20-18(22)13-5-3-6-14(10-13)23-12(2)21/h3-10,19H,1-2H3,(H,20,22). The number of fused-ring (bicyclic) bond motifs is 1. The number of nitrogens with one attached hydrogen (secondary N) is 2. The quantitative estimate of drug-likeness (QED) is 0.573. The fourth-order valence-corrected chi connectivity index (χ4v) is 2.46. The first-order valence-electron chi connectivity index (χ1n) is 7.21. The van der Waals surface area contributed by atoms with Crippen molar-refractivity contribution >= 4 is 28.5 Å². The lowest BCUT2D eigenvalue weighted by atomic mass is 10.1. The molecule has 0 bridgehead atoms. The number of benzene rings is 2. The van der Waals surface area contributed by atoms with Crippen molar-refractivity contribution in [2.75, 3.05) is 5.32 Å². The van der Waals surface area contributed by atoms with E-state index in [1.165, 1.54) is 6.92 Å². The number of aromatic nitrogens is 1. The molecule has 116 valence electrons. The van der Waals surface area contributed by atoms with Crippen molar-refractivity contribution in [2.45, 2.75) is 13.8 Å². The number of aryl methyl sites for hydroxylation is 1. The summed E-state index contributed by atoms with van der Waals surface area (Å²) >= 11 is 0. The number of anilines is 1. The Balaban J connectivity index is 1.87. The van der Waals surface area contributed by atoms with Crippen LogP contribution in [0.2, 0.25) is 0 Å². The maximum Gasteiger partial charge on any atom is 0.308 e. The zero-order chi connectivity index (χ0) is 16.4. The van der Waals surface area contributed by atoms with Crippen molar-refractivity contribution in [3.8, 4) is 5.75 Å². The van der Waals surface area contributed by atoms with Crippen molar-refractivity contribution in [1.82, 2.24) is 4.98 Å². The van der Waals surface area contributed by atoms with Crippen molar-refractivity contribution in [2.24, 2.45) is 0 Å². The van der Waals surface area contributed by atoms with E-state index >= 15 is 0 Å². The summed E-state index contributed by atoms with van der Waals surface area (Å²) in [5, 5.41) is 3.85. The summed E-state index contributed by atoms with van der Waals surface area (Å²) in [6.45, 7) is 3.29. The molecule has 0 aliphatic rings. The van der Waals surface area contributed by atoms with E-state index in [4.69, 9.17) is 4.74 Å². The zero-order valence-electron chi connectivity index (χ0n) is 12.8. The summed E-state index contributed by atoms with van der Waals surface area (Å²) in [5.74, 6) is -0.332. The molecule has 1 aromatic heterocycles. The maximum absolute atomic E-state index is 12.4. The average molecular weight is 308 g/mol. The van der Waals surface area contributed by atoms with Gasteiger partial charge in [0.25, 0.3) is 5.91 Å². The summed E-state index contributed by atoms with van der Waals surface area (Å²) in [6.07, 6.45) is 0. The SMILES string of the molecule is CC(=O)Oc1cccc(C(=O)Nc2cccc3[nH]c(C)cc23)c1. The van der Waals surface area contributed by atoms with Gasteiger partial charge in [-0.15, -0.1) is 0 Å². The molecule has 5 heteroatoms. The number of hydrogen-bond acceptors (Lipinski definition) is 3. The summed E-state index contributed by atoms with van der Waals surface area (Å²) in [5.41, 5.74) is 3.15. The topological polar surface area (TPSA) is 71.2 Å². The van der Waals surface area contributed by atoms with Gasteiger partial charge in [0, 0.05) is 29.1 Å². The molecule has 0 aliphatic heterocycles. The molecule has 0 saturated heterocycles. The first kappa shape index (κ1) is 14.8. The number of H-pyrrole nitrogens is 1. The second-order valence-electron chi connectivity index (χ2n) is 5.29. The molecule has 0 saturated carbocycles. The van der Waals surface area contributed by atoms with Gasteiger partial charge < -0.3 is 15.0 Å². The Morgan fingerprint density at radius 3 is 2.65 bits per heavy atom. The van der Waals surface area contributed by atoms with Crippen LogP contribution in [0.4, 0.5) is 5.69 Å². The van der Waals surface area contributed by atoms with E-state index in [0.717, 1.165) is 22.3 Å². The van der Waals surface area contributed by atoms with Crippen LogP contribution in [0.1, 0.15) is 23.0 Å². The third-order valence-corrected chi connectivity index (χ3v) is 3.40. The van der Waals surface area contributed by atoms with E-state index in [9.17, 15) is 9.59 Å². The summed E-state index contributed by atoms with van der Waals surface area (Å²) in [6, 6.07) is 14.2. The number of aromatic amines is 1. The molecule has 0 radical (unpaired) electrons. The lowest BCUT2D eigenvalue weighted by molar-refractivity contribution is -0.131. The Kier molecular flexibility index (Phi) is 3.85. The van der Waals surface area contributed by atoms with E-state index in [1.807, 2.05) is 31.2 Å². The van der Waals surface area contributed by atoms with E-state index in [2.05, 4.69) is 10.3 Å². The third kappa shape index (κ3) is 3.23. The van der Waals surface area contributed by atoms with Crippen molar-refractivity contribution in [3.05, 3.63) is 59.8 Å². The summed E-state index contributed by atoms with van der Waals surface area (Å²) in [4.78, 5) is 26.7. The lowest BCUT2D eigenvalue weighted by Crippen LogP contribution is -2.12. The number of carbonyl (C=O) groups is 2. The zero-order valence-corrected chi connectivity index (χ0v) is 12.8. The van der Waals surface area contributed by atoms with E-state index in [0.29, 0.717) is 11.3 Å². The molecule has 3 rings (SSSR count). The Hall–Kier alpha value is -3.08. The maximum atomic E-state index is 12.4. The molecule has 1 heterocycles. The number of amides is 1. The number of esters is 1. The van der Waals surface area contributed by atoms with Gasteiger partial charge in [-0.2, -0.15) is 0 Å². The first-order valence-corrected chi connectivity index (χ1v) is 7.21. The Bertz CT molecular complexity index is 896. The van der Waals surface area contributed by atoms with Crippen molar-refractivity contribution in [1.29, 1.82) is 0 Å². The van der Waals surface area contributed by atoms with Crippen LogP contribution < -0.4 is 10.1 Å². The van der Waals surface area contributed by atoms with Crippen LogP contribution in [-0.4, -0.2) is 16.9 Å². The Morgan fingerprint density at radius 1 is 1.09 bits per heavy atom. The molecule has 0 atom stereocenters. The number of carbonyl (C=O) groups excluding carboxylic acids is 2. The highest BCUT2D eigenvalue weighted by molar-refractivity contribution is 6.09. The summed E-state index contributed by atoms with van der Waals surface area (Å²) in [7, 11) is 0. The molecular formula is C18H16N2O3. The highest BCUT2D eigenvalue weighted by Gasteiger charge is 2.11. The second kappa shape index (κ2) is 5.96. The first-order chi connectivity index (χ1) is 11.0. The molecule has 0 spiro atoms. The predicted molar refractivity (Wildman–Crippen MR) is 88.7 cm³/mol. The van der Waals surface area contributed by atoms with Gasteiger partial charge in [-0.1, -0.05) is 12.1 Å². The van der Waals surface area contributed by atoms with E-state index < -0.39 is 5.97 Å². The smallest absolute Gasteiger partial charge is 0.308 e. The van der Waals surface area contributed by atoms with E-state index in [-0.39, 0.29) is 5.91 Å². The monoisotopic (exact) mass is 308 g/mol. The fourth-order valence-electron chi connectivity index (χ4n) is 2.46. The van der Waals surface area contributed by atoms with Gasteiger partial charge in [-0.05, 0) is 43.3 Å². The minimum atomic E-state index is -0.421. The molecule has 2 N–H and O–H groups in total. The molecule has 3 aromatic rings. The number of ether oxygens (including phenoxy) is 1. The molecule has 23 heavy (non-hydrogen) atoms. The van der Waals surface area contributed by atoms with Crippen LogP contribution in [0.3, 0.4) is 0 Å². The molecule has 1 amide bonds. The van der Waals surface area contributed by atoms with Gasteiger partial charge in [0.15, 0.2) is 0 Å². The van der Waals surface area contributed by atoms with Gasteiger partial charge in [0.2, 0.25) is 0 Å². The molecule has 0 fully saturated rings.